The van der Waals surface area contributed by atoms with E-state index in [-0.39, 0.29) is 6.04 Å². The molecule has 23 heavy (non-hydrogen) atoms. The first-order valence-corrected chi connectivity index (χ1v) is 8.94. The fourth-order valence-electron chi connectivity index (χ4n) is 3.02. The van der Waals surface area contributed by atoms with Gasteiger partial charge in [0.15, 0.2) is 0 Å². The molecule has 0 bridgehead atoms. The number of benzene rings is 1. The van der Waals surface area contributed by atoms with Gasteiger partial charge in [-0.1, -0.05) is 0 Å². The zero-order valence-corrected chi connectivity index (χ0v) is 14.3. The molecule has 1 aromatic heterocycles. The molecule has 4 nitrogen and oxygen atoms in total. The average molecular weight is 333 g/mol. The van der Waals surface area contributed by atoms with Gasteiger partial charge in [0.2, 0.25) is 0 Å². The Morgan fingerprint density at radius 3 is 3.04 bits per heavy atom. The van der Waals surface area contributed by atoms with Crippen molar-refractivity contribution >= 4 is 11.8 Å². The van der Waals surface area contributed by atoms with Gasteiger partial charge in [-0.2, -0.15) is 0 Å². The molecule has 124 valence electrons. The Bertz CT molecular complexity index is 629. The Balaban J connectivity index is 1.66. The number of thioether (sulfide) groups is 1. The Kier molecular flexibility index (Phi) is 5.30. The van der Waals surface area contributed by atoms with Crippen LogP contribution in [0.25, 0.3) is 0 Å². The second-order valence-corrected chi connectivity index (χ2v) is 7.06. The molecule has 2 N–H and O–H groups in total. The highest BCUT2D eigenvalue weighted by Gasteiger charge is 2.24. The quantitative estimate of drug-likeness (QED) is 0.839. The van der Waals surface area contributed by atoms with E-state index < -0.39 is 6.10 Å². The molecule has 3 unspecified atom stereocenters. The van der Waals surface area contributed by atoms with Crippen LogP contribution in [0.5, 0.6) is 5.75 Å². The topological polar surface area (TPSA) is 54.6 Å². The summed E-state index contributed by atoms with van der Waals surface area (Å²) < 4.78 is 10.6. The zero-order valence-electron chi connectivity index (χ0n) is 13.5. The summed E-state index contributed by atoms with van der Waals surface area (Å²) in [7, 11) is 1.70. The van der Waals surface area contributed by atoms with Gasteiger partial charge in [-0.05, 0) is 61.4 Å². The van der Waals surface area contributed by atoms with Gasteiger partial charge in [0.05, 0.1) is 13.4 Å². The highest BCUT2D eigenvalue weighted by atomic mass is 32.2. The summed E-state index contributed by atoms with van der Waals surface area (Å²) in [5.74, 6) is 2.62. The smallest absolute Gasteiger partial charge is 0.132 e. The normalized spacial score (nSPS) is 19.9. The molecule has 3 rings (SSSR count). The van der Waals surface area contributed by atoms with Crippen LogP contribution in [-0.4, -0.2) is 24.0 Å². The van der Waals surface area contributed by atoms with E-state index in [1.807, 2.05) is 23.9 Å². The third kappa shape index (κ3) is 3.91. The van der Waals surface area contributed by atoms with E-state index in [1.54, 1.807) is 19.4 Å². The monoisotopic (exact) mass is 333 g/mol. The molecule has 0 amide bonds. The van der Waals surface area contributed by atoms with Gasteiger partial charge in [0, 0.05) is 17.0 Å². The first kappa shape index (κ1) is 16.4. The predicted molar refractivity (Wildman–Crippen MR) is 92.0 cm³/mol. The standard InChI is InChI=1S/C18H23NO3S/c1-12(10-16(20)17-4-3-8-22-17)19-15-7-9-23-18-6-5-13(21-2)11-14(15)18/h3-6,8,11-12,15-16,19-20H,7,9-10H2,1-2H3. The van der Waals surface area contributed by atoms with E-state index in [1.165, 1.54) is 10.5 Å². The number of nitrogens with one attached hydrogen (secondary N) is 1. The van der Waals surface area contributed by atoms with Crippen molar-refractivity contribution in [1.82, 2.24) is 5.32 Å². The van der Waals surface area contributed by atoms with Crippen molar-refractivity contribution in [2.75, 3.05) is 12.9 Å². The molecular weight excluding hydrogens is 310 g/mol. The molecule has 0 fully saturated rings. The van der Waals surface area contributed by atoms with Crippen LogP contribution in [-0.2, 0) is 0 Å². The van der Waals surface area contributed by atoms with Crippen molar-refractivity contribution in [2.24, 2.45) is 0 Å². The molecule has 2 heterocycles. The summed E-state index contributed by atoms with van der Waals surface area (Å²) in [4.78, 5) is 1.31. The Morgan fingerprint density at radius 1 is 1.43 bits per heavy atom. The summed E-state index contributed by atoms with van der Waals surface area (Å²) in [6.45, 7) is 2.10. The second kappa shape index (κ2) is 7.43. The third-order valence-electron chi connectivity index (χ3n) is 4.19. The lowest BCUT2D eigenvalue weighted by atomic mass is 10.0. The molecule has 3 atom stereocenters. The van der Waals surface area contributed by atoms with Crippen LogP contribution in [0.15, 0.2) is 45.9 Å². The van der Waals surface area contributed by atoms with E-state index in [0.717, 1.165) is 17.9 Å². The van der Waals surface area contributed by atoms with E-state index in [2.05, 4.69) is 24.4 Å². The van der Waals surface area contributed by atoms with Crippen molar-refractivity contribution < 1.29 is 14.3 Å². The molecule has 1 aliphatic heterocycles. The van der Waals surface area contributed by atoms with Gasteiger partial charge >= 0.3 is 0 Å². The lowest BCUT2D eigenvalue weighted by molar-refractivity contribution is 0.126. The molecule has 0 radical (unpaired) electrons. The third-order valence-corrected chi connectivity index (χ3v) is 5.31. The van der Waals surface area contributed by atoms with Crippen molar-refractivity contribution in [1.29, 1.82) is 0 Å². The van der Waals surface area contributed by atoms with Gasteiger partial charge in [0.25, 0.3) is 0 Å². The van der Waals surface area contributed by atoms with Crippen molar-refractivity contribution in [3.8, 4) is 5.75 Å². The minimum absolute atomic E-state index is 0.183. The fourth-order valence-corrected chi connectivity index (χ4v) is 4.12. The second-order valence-electron chi connectivity index (χ2n) is 5.93. The van der Waals surface area contributed by atoms with Gasteiger partial charge in [-0.15, -0.1) is 11.8 Å². The zero-order chi connectivity index (χ0) is 16.2. The first-order valence-electron chi connectivity index (χ1n) is 7.95. The minimum atomic E-state index is -0.574. The van der Waals surface area contributed by atoms with Gasteiger partial charge in [0.1, 0.15) is 17.6 Å². The molecule has 1 aromatic carbocycles. The van der Waals surface area contributed by atoms with Crippen LogP contribution in [0.1, 0.15) is 43.2 Å². The maximum absolute atomic E-state index is 10.2. The number of aliphatic hydroxyl groups is 1. The minimum Gasteiger partial charge on any atom is -0.497 e. The Morgan fingerprint density at radius 2 is 2.30 bits per heavy atom. The largest absolute Gasteiger partial charge is 0.497 e. The maximum Gasteiger partial charge on any atom is 0.132 e. The first-order chi connectivity index (χ1) is 11.2. The van der Waals surface area contributed by atoms with E-state index in [4.69, 9.17) is 9.15 Å². The Labute approximate surface area is 141 Å². The summed E-state index contributed by atoms with van der Waals surface area (Å²) in [5.41, 5.74) is 1.29. The highest BCUT2D eigenvalue weighted by Crippen LogP contribution is 2.38. The van der Waals surface area contributed by atoms with Gasteiger partial charge < -0.3 is 19.6 Å². The molecule has 0 saturated heterocycles. The van der Waals surface area contributed by atoms with Crippen molar-refractivity contribution in [2.45, 2.75) is 42.8 Å². The molecule has 0 saturated carbocycles. The average Bonchev–Trinajstić information content (AvgIpc) is 3.09. The number of aliphatic hydroxyl groups excluding tert-OH is 1. The van der Waals surface area contributed by atoms with E-state index >= 15 is 0 Å². The fraction of sp³-hybridized carbons (Fsp3) is 0.444. The highest BCUT2D eigenvalue weighted by molar-refractivity contribution is 7.99. The van der Waals surface area contributed by atoms with Gasteiger partial charge in [-0.3, -0.25) is 0 Å². The molecule has 2 aromatic rings. The van der Waals surface area contributed by atoms with Crippen LogP contribution < -0.4 is 10.1 Å². The van der Waals surface area contributed by atoms with Crippen LogP contribution in [0, 0.1) is 0 Å². The van der Waals surface area contributed by atoms with E-state index in [0.29, 0.717) is 18.2 Å². The van der Waals surface area contributed by atoms with Crippen molar-refractivity contribution in [3.05, 3.63) is 47.9 Å². The Hall–Kier alpha value is -1.43. The van der Waals surface area contributed by atoms with Crippen LogP contribution in [0.2, 0.25) is 0 Å². The van der Waals surface area contributed by atoms with Crippen LogP contribution in [0.4, 0.5) is 0 Å². The molecule has 5 heteroatoms. The lowest BCUT2D eigenvalue weighted by Gasteiger charge is -2.29. The number of hydrogen-bond donors (Lipinski definition) is 2. The maximum atomic E-state index is 10.2. The summed E-state index contributed by atoms with van der Waals surface area (Å²) in [5, 5.41) is 13.9. The van der Waals surface area contributed by atoms with Crippen molar-refractivity contribution in [3.63, 3.8) is 0 Å². The molecule has 0 spiro atoms. The predicted octanol–water partition coefficient (Wildman–Crippen LogP) is 3.93. The molecule has 1 aliphatic rings. The summed E-state index contributed by atoms with van der Waals surface area (Å²) in [6.07, 6.45) is 2.72. The van der Waals surface area contributed by atoms with Crippen LogP contribution >= 0.6 is 11.8 Å². The number of ether oxygens (including phenoxy) is 1. The number of rotatable bonds is 6. The number of fused-ring (bicyclic) bond motifs is 1. The van der Waals surface area contributed by atoms with Crippen LogP contribution in [0.3, 0.4) is 0 Å². The summed E-state index contributed by atoms with van der Waals surface area (Å²) >= 11 is 1.89. The lowest BCUT2D eigenvalue weighted by Crippen LogP contribution is -2.33. The number of methoxy groups -OCH3 is 1. The molecular formula is C18H23NO3S. The summed E-state index contributed by atoms with van der Waals surface area (Å²) in [6, 6.07) is 10.4. The van der Waals surface area contributed by atoms with Gasteiger partial charge in [-0.25, -0.2) is 0 Å². The molecule has 0 aliphatic carbocycles. The SMILES string of the molecule is COc1ccc2c(c1)C(NC(C)CC(O)c1ccco1)CCS2. The van der Waals surface area contributed by atoms with E-state index in [9.17, 15) is 5.11 Å². The number of hydrogen-bond acceptors (Lipinski definition) is 5. The number of furan rings is 1.